The van der Waals surface area contributed by atoms with Crippen molar-refractivity contribution in [3.8, 4) is 0 Å². The van der Waals surface area contributed by atoms with Gasteiger partial charge < -0.3 is 13.8 Å². The minimum absolute atomic E-state index is 0.00207. The van der Waals surface area contributed by atoms with Crippen molar-refractivity contribution in [1.29, 1.82) is 0 Å². The summed E-state index contributed by atoms with van der Waals surface area (Å²) in [5, 5.41) is 4.43. The first-order valence-corrected chi connectivity index (χ1v) is 13.0. The number of aromatic nitrogens is 1. The molecule has 8 nitrogen and oxygen atoms in total. The van der Waals surface area contributed by atoms with E-state index < -0.39 is 22.8 Å². The average Bonchev–Trinajstić information content (AvgIpc) is 3.55. The van der Waals surface area contributed by atoms with Gasteiger partial charge in [0, 0.05) is 11.6 Å². The summed E-state index contributed by atoms with van der Waals surface area (Å²) in [5.74, 6) is -0.634. The van der Waals surface area contributed by atoms with Gasteiger partial charge in [0.15, 0.2) is 16.8 Å². The Balaban J connectivity index is 1.56. The molecule has 4 heterocycles. The van der Waals surface area contributed by atoms with E-state index in [0.29, 0.717) is 28.0 Å². The smallest absolute Gasteiger partial charge is 0.297 e. The largest absolute Gasteiger partial charge is 0.450 e. The van der Waals surface area contributed by atoms with Crippen molar-refractivity contribution in [2.75, 3.05) is 9.80 Å². The van der Waals surface area contributed by atoms with E-state index in [1.54, 1.807) is 42.2 Å². The van der Waals surface area contributed by atoms with Crippen molar-refractivity contribution in [1.82, 2.24) is 5.16 Å². The van der Waals surface area contributed by atoms with E-state index in [-0.39, 0.29) is 23.7 Å². The molecule has 2 aromatic heterocycles. The molecule has 0 saturated carbocycles. The highest BCUT2D eigenvalue weighted by Gasteiger charge is 2.66. The van der Waals surface area contributed by atoms with Gasteiger partial charge in [-0.15, -0.1) is 0 Å². The minimum atomic E-state index is -1.81. The molecule has 8 heteroatoms. The summed E-state index contributed by atoms with van der Waals surface area (Å²) in [4.78, 5) is 46.4. The first-order valence-electron chi connectivity index (χ1n) is 13.0. The fraction of sp³-hybridized carbons (Fsp3) is 0.188. The van der Waals surface area contributed by atoms with Gasteiger partial charge in [-0.25, -0.2) is 0 Å². The number of hydrogen-bond donors (Lipinski definition) is 0. The Kier molecular flexibility index (Phi) is 4.97. The van der Waals surface area contributed by atoms with Crippen LogP contribution in [0.4, 0.5) is 11.5 Å². The number of aryl methyl sites for hydroxylation is 4. The van der Waals surface area contributed by atoms with Gasteiger partial charge in [0.1, 0.15) is 11.3 Å². The molecule has 198 valence electrons. The third-order valence-electron chi connectivity index (χ3n) is 8.05. The fourth-order valence-electron chi connectivity index (χ4n) is 5.96. The predicted molar refractivity (Wildman–Crippen MR) is 150 cm³/mol. The Morgan fingerprint density at radius 1 is 0.875 bits per heavy atom. The Labute approximate surface area is 229 Å². The number of fused-ring (bicyclic) bond motifs is 5. The number of hydrogen-bond acceptors (Lipinski definition) is 6. The lowest BCUT2D eigenvalue weighted by atomic mass is 9.83. The van der Waals surface area contributed by atoms with E-state index in [4.69, 9.17) is 8.94 Å². The fourth-order valence-corrected chi connectivity index (χ4v) is 5.96. The van der Waals surface area contributed by atoms with E-state index in [2.05, 4.69) is 5.16 Å². The van der Waals surface area contributed by atoms with Gasteiger partial charge in [0.25, 0.3) is 11.8 Å². The predicted octanol–water partition coefficient (Wildman–Crippen LogP) is 5.47. The molecule has 2 aliphatic heterocycles. The number of anilines is 2. The lowest BCUT2D eigenvalue weighted by Gasteiger charge is -2.32. The van der Waals surface area contributed by atoms with Crippen LogP contribution in [0.15, 0.2) is 80.5 Å². The van der Waals surface area contributed by atoms with E-state index in [1.165, 1.54) is 4.90 Å². The quantitative estimate of drug-likeness (QED) is 0.307. The molecule has 0 radical (unpaired) electrons. The number of carbonyl (C=O) groups excluding carboxylic acids is 2. The van der Waals surface area contributed by atoms with Crippen molar-refractivity contribution in [3.05, 3.63) is 122 Å². The van der Waals surface area contributed by atoms with Crippen molar-refractivity contribution in [3.63, 3.8) is 0 Å². The van der Waals surface area contributed by atoms with E-state index in [0.717, 1.165) is 22.3 Å². The molecule has 0 bridgehead atoms. The lowest BCUT2D eigenvalue weighted by Crippen LogP contribution is -2.53. The molecule has 2 amide bonds. The Bertz CT molecular complexity index is 1950. The average molecular weight is 532 g/mol. The van der Waals surface area contributed by atoms with Crippen molar-refractivity contribution >= 4 is 34.3 Å². The Hall–Kier alpha value is -4.98. The molecule has 1 unspecified atom stereocenters. The summed E-state index contributed by atoms with van der Waals surface area (Å²) in [5.41, 5.74) is 3.02. The highest BCUT2D eigenvalue weighted by molar-refractivity contribution is 6.24. The van der Waals surface area contributed by atoms with Crippen LogP contribution < -0.4 is 15.2 Å². The molecule has 2 aliphatic rings. The summed E-state index contributed by atoms with van der Waals surface area (Å²) < 4.78 is 11.5. The number of para-hydroxylation sites is 1. The van der Waals surface area contributed by atoms with Crippen molar-refractivity contribution in [2.45, 2.75) is 39.8 Å². The maximum Gasteiger partial charge on any atom is 0.297 e. The summed E-state index contributed by atoms with van der Waals surface area (Å²) in [6, 6.07) is 20.3. The third kappa shape index (κ3) is 3.07. The maximum absolute atomic E-state index is 14.9. The molecule has 0 N–H and O–H groups in total. The second-order valence-electron chi connectivity index (χ2n) is 10.6. The molecule has 0 fully saturated rings. The maximum atomic E-state index is 14.9. The minimum Gasteiger partial charge on any atom is -0.450 e. The van der Waals surface area contributed by atoms with Gasteiger partial charge in [-0.05, 0) is 62.6 Å². The monoisotopic (exact) mass is 531 g/mol. The van der Waals surface area contributed by atoms with Crippen molar-refractivity contribution in [2.24, 2.45) is 0 Å². The van der Waals surface area contributed by atoms with Crippen LogP contribution in [0.5, 0.6) is 0 Å². The molecule has 0 saturated heterocycles. The molecule has 1 atom stereocenters. The van der Waals surface area contributed by atoms with Gasteiger partial charge in [0.2, 0.25) is 5.76 Å². The van der Waals surface area contributed by atoms with Crippen LogP contribution in [-0.2, 0) is 16.9 Å². The number of rotatable bonds is 3. The number of carbonyl (C=O) groups is 2. The SMILES string of the molecule is Cc1ccc(CN2C(=O)C3(c4ccccc42)c2c(oc4cc(C)c(C)cc4c2=O)C(=O)N3c2cc(C)on2)cc1. The topological polar surface area (TPSA) is 96.9 Å². The van der Waals surface area contributed by atoms with Crippen molar-refractivity contribution < 1.29 is 18.5 Å². The summed E-state index contributed by atoms with van der Waals surface area (Å²) in [6.07, 6.45) is 0. The van der Waals surface area contributed by atoms with Crippen LogP contribution in [0.3, 0.4) is 0 Å². The van der Waals surface area contributed by atoms with Gasteiger partial charge >= 0.3 is 0 Å². The summed E-state index contributed by atoms with van der Waals surface area (Å²) in [6.45, 7) is 7.78. The van der Waals surface area contributed by atoms with Crippen LogP contribution in [0.2, 0.25) is 0 Å². The van der Waals surface area contributed by atoms with Crippen LogP contribution >= 0.6 is 0 Å². The molecule has 1 spiro atoms. The Morgan fingerprint density at radius 3 is 2.33 bits per heavy atom. The highest BCUT2D eigenvalue weighted by atomic mass is 16.5. The lowest BCUT2D eigenvalue weighted by molar-refractivity contribution is -0.121. The molecular formula is C32H25N3O5. The molecule has 0 aliphatic carbocycles. The number of nitrogens with zero attached hydrogens (tertiary/aromatic N) is 3. The first kappa shape index (κ1) is 24.1. The molecule has 3 aromatic carbocycles. The second-order valence-corrected chi connectivity index (χ2v) is 10.6. The van der Waals surface area contributed by atoms with Gasteiger partial charge in [-0.3, -0.25) is 19.3 Å². The van der Waals surface area contributed by atoms with E-state index in [9.17, 15) is 14.4 Å². The number of benzene rings is 3. The second kappa shape index (κ2) is 8.26. The summed E-state index contributed by atoms with van der Waals surface area (Å²) in [7, 11) is 0. The Morgan fingerprint density at radius 2 is 1.60 bits per heavy atom. The van der Waals surface area contributed by atoms with Crippen LogP contribution in [-0.4, -0.2) is 17.0 Å². The molecule has 5 aromatic rings. The van der Waals surface area contributed by atoms with E-state index >= 15 is 0 Å². The number of amides is 2. The summed E-state index contributed by atoms with van der Waals surface area (Å²) >= 11 is 0. The third-order valence-corrected chi connectivity index (χ3v) is 8.05. The standard InChI is InChI=1S/C32H25N3O5/c1-17-9-11-21(12-10-17)16-34-24-8-6-5-7-23(24)32(31(34)38)27-28(36)22-13-18(2)19(3)14-25(22)39-29(27)30(37)35(32)26-15-20(4)40-33-26/h5-15H,16H2,1-4H3. The highest BCUT2D eigenvalue weighted by Crippen LogP contribution is 2.54. The molecule has 40 heavy (non-hydrogen) atoms. The van der Waals surface area contributed by atoms with Crippen LogP contribution in [0.1, 0.15) is 49.7 Å². The van der Waals surface area contributed by atoms with Gasteiger partial charge in [-0.1, -0.05) is 53.2 Å². The first-order chi connectivity index (χ1) is 19.2. The van der Waals surface area contributed by atoms with Crippen LogP contribution in [0, 0.1) is 27.7 Å². The molecule has 7 rings (SSSR count). The van der Waals surface area contributed by atoms with Gasteiger partial charge in [0.05, 0.1) is 23.2 Å². The zero-order valence-electron chi connectivity index (χ0n) is 22.4. The van der Waals surface area contributed by atoms with Gasteiger partial charge in [-0.2, -0.15) is 0 Å². The zero-order chi connectivity index (χ0) is 27.9. The zero-order valence-corrected chi connectivity index (χ0v) is 22.4. The molecular weight excluding hydrogens is 506 g/mol. The van der Waals surface area contributed by atoms with Crippen LogP contribution in [0.25, 0.3) is 11.0 Å². The normalized spacial score (nSPS) is 17.8. The van der Waals surface area contributed by atoms with E-state index in [1.807, 2.05) is 57.2 Å².